The number of hydrogen-bond donors (Lipinski definition) is 2. The highest BCUT2D eigenvalue weighted by Gasteiger charge is 2.18. The molecule has 0 spiro atoms. The molecule has 27 heavy (non-hydrogen) atoms. The normalized spacial score (nSPS) is 15.2. The van der Waals surface area contributed by atoms with Gasteiger partial charge in [0.05, 0.1) is 23.4 Å². The highest BCUT2D eigenvalue weighted by molar-refractivity contribution is 7.11. The minimum absolute atomic E-state index is 0.362. The van der Waals surface area contributed by atoms with E-state index in [9.17, 15) is 0 Å². The molecule has 1 aromatic carbocycles. The molecule has 1 heterocycles. The van der Waals surface area contributed by atoms with E-state index in [0.717, 1.165) is 41.8 Å². The highest BCUT2D eigenvalue weighted by atomic mass is 32.1. The van der Waals surface area contributed by atoms with Gasteiger partial charge in [-0.2, -0.15) is 0 Å². The Balaban J connectivity index is 1.59. The van der Waals surface area contributed by atoms with E-state index in [2.05, 4.69) is 52.7 Å². The summed E-state index contributed by atoms with van der Waals surface area (Å²) < 4.78 is 6.29. The molecule has 1 fully saturated rings. The van der Waals surface area contributed by atoms with Gasteiger partial charge in [0.15, 0.2) is 5.96 Å². The Labute approximate surface area is 166 Å². The maximum Gasteiger partial charge on any atom is 0.191 e. The number of thiazole rings is 1. The number of ether oxygens (including phenoxy) is 1. The van der Waals surface area contributed by atoms with Crippen LogP contribution in [0.5, 0.6) is 5.75 Å². The predicted molar refractivity (Wildman–Crippen MR) is 113 cm³/mol. The van der Waals surface area contributed by atoms with Crippen molar-refractivity contribution in [3.63, 3.8) is 0 Å². The largest absolute Gasteiger partial charge is 0.490 e. The number of nitrogens with zero attached hydrogens (tertiary/aromatic N) is 2. The van der Waals surface area contributed by atoms with Gasteiger partial charge in [-0.15, -0.1) is 11.3 Å². The van der Waals surface area contributed by atoms with Gasteiger partial charge < -0.3 is 15.4 Å². The Morgan fingerprint density at radius 2 is 1.93 bits per heavy atom. The molecule has 1 aliphatic carbocycles. The molecule has 6 heteroatoms. The summed E-state index contributed by atoms with van der Waals surface area (Å²) >= 11 is 1.73. The van der Waals surface area contributed by atoms with Gasteiger partial charge in [-0.1, -0.05) is 12.1 Å². The van der Waals surface area contributed by atoms with Crippen molar-refractivity contribution in [1.82, 2.24) is 15.6 Å². The van der Waals surface area contributed by atoms with Gasteiger partial charge >= 0.3 is 0 Å². The lowest BCUT2D eigenvalue weighted by Crippen LogP contribution is -2.36. The minimum Gasteiger partial charge on any atom is -0.490 e. The number of nitrogens with one attached hydrogen (secondary N) is 2. The fraction of sp³-hybridized carbons (Fsp3) is 0.524. The maximum atomic E-state index is 6.29. The number of aliphatic imine (C=N–C) groups is 1. The highest BCUT2D eigenvalue weighted by Crippen LogP contribution is 2.27. The SMILES string of the molecule is CN=C(NCc1ccc(C)cc1OC1CCCC1)NCc1sc(C)nc1C. The van der Waals surface area contributed by atoms with Crippen LogP contribution < -0.4 is 15.4 Å². The van der Waals surface area contributed by atoms with Gasteiger partial charge in [-0.25, -0.2) is 4.98 Å². The summed E-state index contributed by atoms with van der Waals surface area (Å²) in [4.78, 5) is 10.1. The molecule has 0 atom stereocenters. The summed E-state index contributed by atoms with van der Waals surface area (Å²) in [5.74, 6) is 1.78. The third-order valence-corrected chi connectivity index (χ3v) is 5.98. The third kappa shape index (κ3) is 5.45. The number of rotatable bonds is 6. The molecule has 1 aromatic heterocycles. The lowest BCUT2D eigenvalue weighted by atomic mass is 10.1. The van der Waals surface area contributed by atoms with Crippen LogP contribution >= 0.6 is 11.3 Å². The molecule has 0 radical (unpaired) electrons. The molecular formula is C21H30N4OS. The van der Waals surface area contributed by atoms with Crippen molar-refractivity contribution in [2.24, 2.45) is 4.99 Å². The standard InChI is InChI=1S/C21H30N4OS/c1-14-9-10-17(19(11-14)26-18-7-5-6-8-18)12-23-21(22-4)24-13-20-15(2)25-16(3)27-20/h9-11,18H,5-8,12-13H2,1-4H3,(H2,22,23,24). The Morgan fingerprint density at radius 1 is 1.19 bits per heavy atom. The van der Waals surface area contributed by atoms with Gasteiger partial charge in [-0.05, 0) is 58.1 Å². The molecule has 2 aromatic rings. The topological polar surface area (TPSA) is 58.5 Å². The molecule has 1 aliphatic rings. The van der Waals surface area contributed by atoms with Gasteiger partial charge in [0.1, 0.15) is 5.75 Å². The number of aryl methyl sites for hydroxylation is 3. The first-order chi connectivity index (χ1) is 13.0. The second kappa shape index (κ2) is 9.22. The average molecular weight is 387 g/mol. The molecule has 0 amide bonds. The van der Waals surface area contributed by atoms with Crippen LogP contribution in [0.2, 0.25) is 0 Å². The van der Waals surface area contributed by atoms with Gasteiger partial charge in [0, 0.05) is 24.0 Å². The van der Waals surface area contributed by atoms with Crippen LogP contribution in [0.4, 0.5) is 0 Å². The Hall–Kier alpha value is -2.08. The van der Waals surface area contributed by atoms with Gasteiger partial charge in [0.2, 0.25) is 0 Å². The van der Waals surface area contributed by atoms with Crippen molar-refractivity contribution in [1.29, 1.82) is 0 Å². The smallest absolute Gasteiger partial charge is 0.191 e. The minimum atomic E-state index is 0.362. The molecule has 146 valence electrons. The monoisotopic (exact) mass is 386 g/mol. The van der Waals surface area contributed by atoms with Crippen molar-refractivity contribution in [3.05, 3.63) is 44.9 Å². The van der Waals surface area contributed by atoms with Crippen LogP contribution in [-0.4, -0.2) is 24.1 Å². The van der Waals surface area contributed by atoms with Crippen LogP contribution in [0, 0.1) is 20.8 Å². The number of hydrogen-bond acceptors (Lipinski definition) is 4. The van der Waals surface area contributed by atoms with E-state index in [-0.39, 0.29) is 0 Å². The van der Waals surface area contributed by atoms with E-state index in [4.69, 9.17) is 4.74 Å². The molecule has 0 saturated heterocycles. The van der Waals surface area contributed by atoms with E-state index in [0.29, 0.717) is 12.6 Å². The summed E-state index contributed by atoms with van der Waals surface area (Å²) in [6.45, 7) is 7.62. The second-order valence-corrected chi connectivity index (χ2v) is 8.44. The zero-order valence-corrected chi connectivity index (χ0v) is 17.6. The lowest BCUT2D eigenvalue weighted by Gasteiger charge is -2.18. The summed E-state index contributed by atoms with van der Waals surface area (Å²) in [5.41, 5.74) is 3.48. The number of aromatic nitrogens is 1. The number of guanidine groups is 1. The first kappa shape index (κ1) is 19.7. The van der Waals surface area contributed by atoms with Crippen LogP contribution in [0.15, 0.2) is 23.2 Å². The van der Waals surface area contributed by atoms with Gasteiger partial charge in [-0.3, -0.25) is 4.99 Å². The first-order valence-electron chi connectivity index (χ1n) is 9.68. The third-order valence-electron chi connectivity index (χ3n) is 4.90. The van der Waals surface area contributed by atoms with Crippen molar-refractivity contribution < 1.29 is 4.74 Å². The fourth-order valence-corrected chi connectivity index (χ4v) is 4.28. The molecule has 2 N–H and O–H groups in total. The Bertz CT molecular complexity index is 793. The molecule has 5 nitrogen and oxygen atoms in total. The quantitative estimate of drug-likeness (QED) is 0.575. The fourth-order valence-electron chi connectivity index (χ4n) is 3.40. The predicted octanol–water partition coefficient (Wildman–Crippen LogP) is 4.25. The van der Waals surface area contributed by atoms with E-state index in [1.54, 1.807) is 18.4 Å². The van der Waals surface area contributed by atoms with Crippen molar-refractivity contribution in [3.8, 4) is 5.75 Å². The Morgan fingerprint density at radius 3 is 2.59 bits per heavy atom. The summed E-state index contributed by atoms with van der Waals surface area (Å²) in [7, 11) is 1.80. The molecule has 3 rings (SSSR count). The van der Waals surface area contributed by atoms with E-state index in [1.165, 1.54) is 28.8 Å². The molecule has 0 aliphatic heterocycles. The summed E-state index contributed by atoms with van der Waals surface area (Å²) in [6, 6.07) is 6.43. The summed E-state index contributed by atoms with van der Waals surface area (Å²) in [5, 5.41) is 7.89. The maximum absolute atomic E-state index is 6.29. The molecular weight excluding hydrogens is 356 g/mol. The first-order valence-corrected chi connectivity index (χ1v) is 10.5. The van der Waals surface area contributed by atoms with Crippen LogP contribution in [0.25, 0.3) is 0 Å². The van der Waals surface area contributed by atoms with Crippen LogP contribution in [-0.2, 0) is 13.1 Å². The zero-order chi connectivity index (χ0) is 19.2. The average Bonchev–Trinajstić information content (AvgIpc) is 3.26. The zero-order valence-electron chi connectivity index (χ0n) is 16.8. The van der Waals surface area contributed by atoms with Crippen LogP contribution in [0.3, 0.4) is 0 Å². The molecule has 0 bridgehead atoms. The van der Waals surface area contributed by atoms with E-state index < -0.39 is 0 Å². The van der Waals surface area contributed by atoms with E-state index in [1.807, 2.05) is 6.92 Å². The second-order valence-electron chi connectivity index (χ2n) is 7.16. The van der Waals surface area contributed by atoms with Crippen molar-refractivity contribution in [2.75, 3.05) is 7.05 Å². The summed E-state index contributed by atoms with van der Waals surface area (Å²) in [6.07, 6.45) is 5.24. The molecule has 0 unspecified atom stereocenters. The van der Waals surface area contributed by atoms with Crippen molar-refractivity contribution >= 4 is 17.3 Å². The lowest BCUT2D eigenvalue weighted by molar-refractivity contribution is 0.207. The number of benzene rings is 1. The van der Waals surface area contributed by atoms with E-state index >= 15 is 0 Å². The molecule has 1 saturated carbocycles. The van der Waals surface area contributed by atoms with Gasteiger partial charge in [0.25, 0.3) is 0 Å². The van der Waals surface area contributed by atoms with Crippen LogP contribution in [0.1, 0.15) is 52.4 Å². The van der Waals surface area contributed by atoms with Crippen molar-refractivity contribution in [2.45, 2.75) is 65.6 Å². The Kier molecular flexibility index (Phi) is 6.72.